The fourth-order valence-corrected chi connectivity index (χ4v) is 0.696. The Kier molecular flexibility index (Phi) is 1.59. The van der Waals surface area contributed by atoms with E-state index < -0.39 is 0 Å². The van der Waals surface area contributed by atoms with Gasteiger partial charge in [0.2, 0.25) is 5.88 Å². The van der Waals surface area contributed by atoms with Crippen molar-refractivity contribution >= 4 is 0 Å². The van der Waals surface area contributed by atoms with Gasteiger partial charge in [-0.1, -0.05) is 0 Å². The molecule has 52 valence electrons. The average molecular weight is 137 g/mol. The van der Waals surface area contributed by atoms with E-state index in [4.69, 9.17) is 10.00 Å². The molecule has 1 aromatic heterocycles. The maximum Gasteiger partial charge on any atom is 0.212 e. The summed E-state index contributed by atoms with van der Waals surface area (Å²) in [6, 6.07) is 3.49. The van der Waals surface area contributed by atoms with Crippen LogP contribution in [0.3, 0.4) is 0 Å². The fraction of sp³-hybridized carbons (Fsp3) is 0.333. The molecule has 0 aromatic carbocycles. The zero-order valence-electron chi connectivity index (χ0n) is 5.83. The molecule has 0 N–H and O–H groups in total. The van der Waals surface area contributed by atoms with Crippen molar-refractivity contribution in [2.45, 2.75) is 0 Å². The van der Waals surface area contributed by atoms with Gasteiger partial charge in [0.05, 0.1) is 7.11 Å². The van der Waals surface area contributed by atoms with E-state index in [1.807, 2.05) is 6.07 Å². The number of nitriles is 1. The van der Waals surface area contributed by atoms with E-state index in [0.29, 0.717) is 11.6 Å². The molecule has 0 unspecified atom stereocenters. The predicted octanol–water partition coefficient (Wildman–Crippen LogP) is 0.300. The molecule has 1 rings (SSSR count). The van der Waals surface area contributed by atoms with Gasteiger partial charge in [-0.25, -0.2) is 4.68 Å². The lowest BCUT2D eigenvalue weighted by molar-refractivity contribution is 0.373. The predicted molar refractivity (Wildman–Crippen MR) is 34.5 cm³/mol. The smallest absolute Gasteiger partial charge is 0.212 e. The van der Waals surface area contributed by atoms with Crippen LogP contribution in [-0.2, 0) is 7.05 Å². The van der Waals surface area contributed by atoms with Gasteiger partial charge in [0.1, 0.15) is 6.07 Å². The Morgan fingerprint density at radius 1 is 1.80 bits per heavy atom. The lowest BCUT2D eigenvalue weighted by Gasteiger charge is -1.95. The highest BCUT2D eigenvalue weighted by molar-refractivity contribution is 5.25. The van der Waals surface area contributed by atoms with Crippen molar-refractivity contribution in [1.29, 1.82) is 5.26 Å². The first kappa shape index (κ1) is 6.62. The number of methoxy groups -OCH3 is 1. The number of aromatic nitrogens is 2. The Morgan fingerprint density at radius 2 is 2.50 bits per heavy atom. The van der Waals surface area contributed by atoms with Gasteiger partial charge in [0.25, 0.3) is 0 Å². The van der Waals surface area contributed by atoms with Crippen molar-refractivity contribution in [2.75, 3.05) is 7.11 Å². The van der Waals surface area contributed by atoms with Crippen LogP contribution in [0.15, 0.2) is 6.07 Å². The first-order valence-electron chi connectivity index (χ1n) is 2.76. The molecular formula is C6H7N3O. The molecule has 0 spiro atoms. The Bertz CT molecular complexity index is 271. The van der Waals surface area contributed by atoms with Crippen LogP contribution in [0.2, 0.25) is 0 Å². The van der Waals surface area contributed by atoms with Crippen LogP contribution in [0.5, 0.6) is 5.88 Å². The van der Waals surface area contributed by atoms with Crippen LogP contribution < -0.4 is 4.74 Å². The first-order valence-corrected chi connectivity index (χ1v) is 2.76. The van der Waals surface area contributed by atoms with Gasteiger partial charge >= 0.3 is 0 Å². The summed E-state index contributed by atoms with van der Waals surface area (Å²) >= 11 is 0. The molecule has 4 nitrogen and oxygen atoms in total. The summed E-state index contributed by atoms with van der Waals surface area (Å²) in [5, 5.41) is 12.2. The molecule has 0 aliphatic heterocycles. The molecule has 0 aliphatic carbocycles. The van der Waals surface area contributed by atoms with Gasteiger partial charge in [-0.15, -0.1) is 0 Å². The second kappa shape index (κ2) is 2.40. The summed E-state index contributed by atoms with van der Waals surface area (Å²) < 4.78 is 6.39. The van der Waals surface area contributed by atoms with E-state index >= 15 is 0 Å². The molecule has 0 saturated carbocycles. The van der Waals surface area contributed by atoms with E-state index in [-0.39, 0.29) is 0 Å². The van der Waals surface area contributed by atoms with Gasteiger partial charge in [0.15, 0.2) is 5.69 Å². The molecule has 0 aliphatic rings. The van der Waals surface area contributed by atoms with Crippen LogP contribution in [0.4, 0.5) is 0 Å². The van der Waals surface area contributed by atoms with Crippen molar-refractivity contribution in [2.24, 2.45) is 7.05 Å². The summed E-state index contributed by atoms with van der Waals surface area (Å²) in [6.45, 7) is 0. The number of ether oxygens (including phenoxy) is 1. The van der Waals surface area contributed by atoms with Crippen LogP contribution in [-0.4, -0.2) is 16.9 Å². The van der Waals surface area contributed by atoms with Crippen LogP contribution in [0.1, 0.15) is 5.69 Å². The molecule has 1 heterocycles. The summed E-state index contributed by atoms with van der Waals surface area (Å²) in [6.07, 6.45) is 0. The Hall–Kier alpha value is -1.50. The van der Waals surface area contributed by atoms with Gasteiger partial charge in [-0.2, -0.15) is 10.4 Å². The molecule has 0 bridgehead atoms. The monoisotopic (exact) mass is 137 g/mol. The minimum Gasteiger partial charge on any atom is -0.481 e. The summed E-state index contributed by atoms with van der Waals surface area (Å²) in [4.78, 5) is 0. The van der Waals surface area contributed by atoms with Crippen LogP contribution in [0.25, 0.3) is 0 Å². The molecule has 0 atom stereocenters. The maximum absolute atomic E-state index is 8.39. The Labute approximate surface area is 58.6 Å². The number of nitrogens with zero attached hydrogens (tertiary/aromatic N) is 3. The van der Waals surface area contributed by atoms with Crippen molar-refractivity contribution in [3.05, 3.63) is 11.8 Å². The minimum absolute atomic E-state index is 0.374. The highest BCUT2D eigenvalue weighted by Crippen LogP contribution is 2.09. The molecule has 0 amide bonds. The molecule has 0 saturated heterocycles. The third-order valence-corrected chi connectivity index (χ3v) is 1.16. The van der Waals surface area contributed by atoms with Crippen molar-refractivity contribution in [1.82, 2.24) is 9.78 Å². The highest BCUT2D eigenvalue weighted by Gasteiger charge is 2.01. The highest BCUT2D eigenvalue weighted by atomic mass is 16.5. The van der Waals surface area contributed by atoms with E-state index in [9.17, 15) is 0 Å². The topological polar surface area (TPSA) is 50.8 Å². The number of aryl methyl sites for hydroxylation is 1. The fourth-order valence-electron chi connectivity index (χ4n) is 0.696. The summed E-state index contributed by atoms with van der Waals surface area (Å²) in [5.74, 6) is 0.594. The second-order valence-electron chi connectivity index (χ2n) is 1.81. The van der Waals surface area contributed by atoms with Crippen LogP contribution >= 0.6 is 0 Å². The quantitative estimate of drug-likeness (QED) is 0.559. The lowest BCUT2D eigenvalue weighted by atomic mass is 10.5. The van der Waals surface area contributed by atoms with Crippen LogP contribution in [0, 0.1) is 11.3 Å². The largest absolute Gasteiger partial charge is 0.481 e. The van der Waals surface area contributed by atoms with E-state index in [1.54, 1.807) is 13.1 Å². The van der Waals surface area contributed by atoms with E-state index in [0.717, 1.165) is 0 Å². The zero-order valence-corrected chi connectivity index (χ0v) is 5.83. The third-order valence-electron chi connectivity index (χ3n) is 1.16. The third kappa shape index (κ3) is 0.935. The normalized spacial score (nSPS) is 8.90. The average Bonchev–Trinajstić information content (AvgIpc) is 2.30. The zero-order chi connectivity index (χ0) is 7.56. The molecule has 0 radical (unpaired) electrons. The van der Waals surface area contributed by atoms with Gasteiger partial charge in [-0.05, 0) is 0 Å². The van der Waals surface area contributed by atoms with Gasteiger partial charge < -0.3 is 4.74 Å². The Morgan fingerprint density at radius 3 is 2.80 bits per heavy atom. The molecule has 10 heavy (non-hydrogen) atoms. The van der Waals surface area contributed by atoms with Gasteiger partial charge in [0, 0.05) is 13.1 Å². The standard InChI is InChI=1S/C6H7N3O/c1-9-6(10-2)3-5(4-7)8-9/h3H,1-2H3. The van der Waals surface area contributed by atoms with Crippen molar-refractivity contribution in [3.63, 3.8) is 0 Å². The van der Waals surface area contributed by atoms with E-state index in [1.165, 1.54) is 11.8 Å². The van der Waals surface area contributed by atoms with E-state index in [2.05, 4.69) is 5.10 Å². The molecule has 1 aromatic rings. The maximum atomic E-state index is 8.39. The van der Waals surface area contributed by atoms with Gasteiger partial charge in [-0.3, -0.25) is 0 Å². The first-order chi connectivity index (χ1) is 4.77. The lowest BCUT2D eigenvalue weighted by Crippen LogP contribution is -1.94. The van der Waals surface area contributed by atoms with Crippen molar-refractivity contribution in [3.8, 4) is 11.9 Å². The SMILES string of the molecule is COc1cc(C#N)nn1C. The molecular weight excluding hydrogens is 130 g/mol. The Balaban J connectivity index is 3.07. The van der Waals surface area contributed by atoms with Crippen molar-refractivity contribution < 1.29 is 4.74 Å². The second-order valence-corrected chi connectivity index (χ2v) is 1.81. The number of hydrogen-bond donors (Lipinski definition) is 0. The minimum atomic E-state index is 0.374. The summed E-state index contributed by atoms with van der Waals surface area (Å²) in [5.41, 5.74) is 0.374. The summed E-state index contributed by atoms with van der Waals surface area (Å²) in [7, 11) is 3.26. The number of rotatable bonds is 1. The molecule has 0 fully saturated rings. The number of hydrogen-bond acceptors (Lipinski definition) is 3. The molecule has 4 heteroatoms.